The number of benzene rings is 1. The number of aromatic hydroxyl groups is 1. The highest BCUT2D eigenvalue weighted by Gasteiger charge is 2.22. The van der Waals surface area contributed by atoms with Gasteiger partial charge in [0.2, 0.25) is 11.8 Å². The molecule has 0 saturated carbocycles. The lowest BCUT2D eigenvalue weighted by Crippen LogP contribution is -2.16. The maximum atomic E-state index is 13.5. The molecule has 104 valence electrons. The SMILES string of the molecule is O=C(Nc1nccc(Cl)n1)c1cc(F)c(F)c(O)c1F. The number of carbonyl (C=O) groups is 1. The lowest BCUT2D eigenvalue weighted by atomic mass is 10.1. The Morgan fingerprint density at radius 1 is 1.30 bits per heavy atom. The van der Waals surface area contributed by atoms with E-state index in [-0.39, 0.29) is 11.1 Å². The molecule has 0 spiro atoms. The van der Waals surface area contributed by atoms with Crippen LogP contribution in [-0.4, -0.2) is 21.0 Å². The van der Waals surface area contributed by atoms with Crippen LogP contribution in [0, 0.1) is 17.5 Å². The normalized spacial score (nSPS) is 10.4. The highest BCUT2D eigenvalue weighted by molar-refractivity contribution is 6.29. The minimum absolute atomic E-state index is 0.0175. The summed E-state index contributed by atoms with van der Waals surface area (Å²) in [4.78, 5) is 18.9. The highest BCUT2D eigenvalue weighted by Crippen LogP contribution is 2.26. The van der Waals surface area contributed by atoms with E-state index in [1.54, 1.807) is 0 Å². The summed E-state index contributed by atoms with van der Waals surface area (Å²) in [7, 11) is 0. The van der Waals surface area contributed by atoms with Crippen LogP contribution in [-0.2, 0) is 0 Å². The van der Waals surface area contributed by atoms with Crippen LogP contribution in [0.3, 0.4) is 0 Å². The van der Waals surface area contributed by atoms with Crippen molar-refractivity contribution in [3.8, 4) is 5.75 Å². The van der Waals surface area contributed by atoms with Gasteiger partial charge in [0.1, 0.15) is 5.15 Å². The van der Waals surface area contributed by atoms with E-state index < -0.39 is 34.7 Å². The zero-order valence-corrected chi connectivity index (χ0v) is 10.2. The third-order valence-electron chi connectivity index (χ3n) is 2.22. The first-order valence-electron chi connectivity index (χ1n) is 5.06. The summed E-state index contributed by atoms with van der Waals surface area (Å²) < 4.78 is 39.4. The minimum Gasteiger partial charge on any atom is -0.503 e. The quantitative estimate of drug-likeness (QED) is 0.660. The molecule has 9 heteroatoms. The van der Waals surface area contributed by atoms with Crippen LogP contribution >= 0.6 is 11.6 Å². The summed E-state index contributed by atoms with van der Waals surface area (Å²) in [5.41, 5.74) is -0.898. The van der Waals surface area contributed by atoms with Crippen molar-refractivity contribution in [2.24, 2.45) is 0 Å². The molecule has 1 heterocycles. The van der Waals surface area contributed by atoms with Crippen molar-refractivity contribution in [2.75, 3.05) is 5.32 Å². The molecular formula is C11H5ClF3N3O2. The predicted octanol–water partition coefficient (Wildman–Crippen LogP) is 2.51. The van der Waals surface area contributed by atoms with Crippen LogP contribution in [0.15, 0.2) is 18.3 Å². The topological polar surface area (TPSA) is 75.1 Å². The van der Waals surface area contributed by atoms with Crippen LogP contribution < -0.4 is 5.32 Å². The number of rotatable bonds is 2. The Kier molecular flexibility index (Phi) is 3.75. The highest BCUT2D eigenvalue weighted by atomic mass is 35.5. The zero-order chi connectivity index (χ0) is 14.9. The summed E-state index contributed by atoms with van der Waals surface area (Å²) in [6, 6.07) is 1.64. The molecule has 0 atom stereocenters. The third kappa shape index (κ3) is 2.64. The Morgan fingerprint density at radius 2 is 2.00 bits per heavy atom. The number of phenols is 1. The Morgan fingerprint density at radius 3 is 2.65 bits per heavy atom. The fourth-order valence-corrected chi connectivity index (χ4v) is 1.46. The smallest absolute Gasteiger partial charge is 0.261 e. The lowest BCUT2D eigenvalue weighted by molar-refractivity contribution is 0.102. The van der Waals surface area contributed by atoms with Crippen molar-refractivity contribution in [1.29, 1.82) is 0 Å². The van der Waals surface area contributed by atoms with Crippen molar-refractivity contribution >= 4 is 23.5 Å². The number of nitrogens with one attached hydrogen (secondary N) is 1. The second-order valence-electron chi connectivity index (χ2n) is 3.54. The van der Waals surface area contributed by atoms with Crippen molar-refractivity contribution in [3.63, 3.8) is 0 Å². The second-order valence-corrected chi connectivity index (χ2v) is 3.93. The molecular weight excluding hydrogens is 299 g/mol. The first-order valence-corrected chi connectivity index (χ1v) is 5.44. The summed E-state index contributed by atoms with van der Waals surface area (Å²) in [6.07, 6.45) is 1.23. The van der Waals surface area contributed by atoms with Crippen LogP contribution in [0.1, 0.15) is 10.4 Å². The summed E-state index contributed by atoms with van der Waals surface area (Å²) >= 11 is 5.55. The first-order chi connectivity index (χ1) is 9.40. The molecule has 0 aliphatic rings. The Balaban J connectivity index is 2.35. The second kappa shape index (κ2) is 5.33. The number of nitrogens with zero attached hydrogens (tertiary/aromatic N) is 2. The number of phenolic OH excluding ortho intramolecular Hbond substituents is 1. The van der Waals surface area contributed by atoms with E-state index in [4.69, 9.17) is 16.7 Å². The standard InChI is InChI=1S/C11H5ClF3N3O2/c12-6-1-2-16-11(17-6)18-10(20)4-3-5(13)8(15)9(19)7(4)14/h1-3,19H,(H,16,17,18,20). The van der Waals surface area contributed by atoms with E-state index in [1.165, 1.54) is 12.3 Å². The van der Waals surface area contributed by atoms with Crippen molar-refractivity contribution in [2.45, 2.75) is 0 Å². The van der Waals surface area contributed by atoms with E-state index in [0.717, 1.165) is 0 Å². The number of hydrogen-bond acceptors (Lipinski definition) is 4. The molecule has 1 aromatic carbocycles. The Labute approximate surface area is 115 Å². The third-order valence-corrected chi connectivity index (χ3v) is 2.44. The molecule has 0 saturated heterocycles. The van der Waals surface area contributed by atoms with Crippen molar-refractivity contribution in [3.05, 3.63) is 46.5 Å². The number of anilines is 1. The monoisotopic (exact) mass is 303 g/mol. The molecule has 0 radical (unpaired) electrons. The van der Waals surface area contributed by atoms with Gasteiger partial charge in [-0.15, -0.1) is 0 Å². The molecule has 5 nitrogen and oxygen atoms in total. The number of carbonyl (C=O) groups excluding carboxylic acids is 1. The lowest BCUT2D eigenvalue weighted by Gasteiger charge is -2.07. The largest absolute Gasteiger partial charge is 0.503 e. The summed E-state index contributed by atoms with van der Waals surface area (Å²) in [5.74, 6) is -7.95. The number of hydrogen-bond donors (Lipinski definition) is 2. The molecule has 0 fully saturated rings. The average molecular weight is 304 g/mol. The summed E-state index contributed by atoms with van der Waals surface area (Å²) in [6.45, 7) is 0. The fraction of sp³-hybridized carbons (Fsp3) is 0. The molecule has 0 bridgehead atoms. The zero-order valence-electron chi connectivity index (χ0n) is 9.49. The maximum absolute atomic E-state index is 13.5. The average Bonchev–Trinajstić information content (AvgIpc) is 2.40. The first kappa shape index (κ1) is 14.1. The Hall–Kier alpha value is -2.35. The van der Waals surface area contributed by atoms with Crippen molar-refractivity contribution in [1.82, 2.24) is 9.97 Å². The molecule has 2 N–H and O–H groups in total. The predicted molar refractivity (Wildman–Crippen MR) is 63.0 cm³/mol. The van der Waals surface area contributed by atoms with Gasteiger partial charge in [0.15, 0.2) is 17.4 Å². The molecule has 1 aromatic heterocycles. The van der Waals surface area contributed by atoms with Gasteiger partial charge in [-0.2, -0.15) is 4.39 Å². The fourth-order valence-electron chi connectivity index (χ4n) is 1.32. The molecule has 0 unspecified atom stereocenters. The molecule has 20 heavy (non-hydrogen) atoms. The maximum Gasteiger partial charge on any atom is 0.261 e. The van der Waals surface area contributed by atoms with E-state index in [9.17, 15) is 18.0 Å². The number of aromatic nitrogens is 2. The van der Waals surface area contributed by atoms with Gasteiger partial charge in [-0.3, -0.25) is 10.1 Å². The van der Waals surface area contributed by atoms with Gasteiger partial charge >= 0.3 is 0 Å². The van der Waals surface area contributed by atoms with Crippen LogP contribution in [0.4, 0.5) is 19.1 Å². The summed E-state index contributed by atoms with van der Waals surface area (Å²) in [5, 5.41) is 11.1. The van der Waals surface area contributed by atoms with Gasteiger partial charge in [0.25, 0.3) is 5.91 Å². The number of halogens is 4. The minimum atomic E-state index is -1.78. The van der Waals surface area contributed by atoms with E-state index in [0.29, 0.717) is 6.07 Å². The molecule has 0 aliphatic heterocycles. The van der Waals surface area contributed by atoms with E-state index in [1.807, 2.05) is 5.32 Å². The van der Waals surface area contributed by atoms with E-state index in [2.05, 4.69) is 9.97 Å². The van der Waals surface area contributed by atoms with Gasteiger partial charge in [0.05, 0.1) is 5.56 Å². The van der Waals surface area contributed by atoms with Gasteiger partial charge in [-0.05, 0) is 12.1 Å². The van der Waals surface area contributed by atoms with Crippen LogP contribution in [0.2, 0.25) is 5.15 Å². The number of amides is 1. The van der Waals surface area contributed by atoms with Gasteiger partial charge < -0.3 is 5.11 Å². The molecule has 0 aliphatic carbocycles. The van der Waals surface area contributed by atoms with Gasteiger partial charge in [0, 0.05) is 6.20 Å². The van der Waals surface area contributed by atoms with Crippen LogP contribution in [0.25, 0.3) is 0 Å². The van der Waals surface area contributed by atoms with E-state index >= 15 is 0 Å². The molecule has 2 aromatic rings. The van der Waals surface area contributed by atoms with Crippen LogP contribution in [0.5, 0.6) is 5.75 Å². The molecule has 2 rings (SSSR count). The molecule has 1 amide bonds. The Bertz CT molecular complexity index is 697. The van der Waals surface area contributed by atoms with Gasteiger partial charge in [-0.25, -0.2) is 18.7 Å². The van der Waals surface area contributed by atoms with Gasteiger partial charge in [-0.1, -0.05) is 11.6 Å². The van der Waals surface area contributed by atoms with Crippen molar-refractivity contribution < 1.29 is 23.1 Å².